The molecule has 0 aromatic rings. The molecule has 1 aliphatic carbocycles. The number of imide groups is 1. The van der Waals surface area contributed by atoms with Crippen LogP contribution in [0, 0.1) is 11.8 Å². The number of nitrogens with zero attached hydrogens (tertiary/aromatic N) is 1. The minimum atomic E-state index is -1.00. The summed E-state index contributed by atoms with van der Waals surface area (Å²) < 4.78 is 4.97. The summed E-state index contributed by atoms with van der Waals surface area (Å²) in [5.74, 6) is -2.69. The number of amides is 3. The Balaban J connectivity index is 1.90. The molecule has 1 saturated heterocycles. The number of rotatable bonds is 6. The molecule has 7 nitrogen and oxygen atoms in total. The number of likely N-dealkylation sites (tertiary alicyclic amines) is 1. The van der Waals surface area contributed by atoms with Gasteiger partial charge in [0.15, 0.2) is 6.10 Å². The Morgan fingerprint density at radius 2 is 1.91 bits per heavy atom. The number of ether oxygens (including phenoxy) is 1. The third-order valence-corrected chi connectivity index (χ3v) is 3.98. The van der Waals surface area contributed by atoms with E-state index >= 15 is 0 Å². The van der Waals surface area contributed by atoms with Gasteiger partial charge in [-0.3, -0.25) is 24.1 Å². The van der Waals surface area contributed by atoms with Gasteiger partial charge < -0.3 is 10.1 Å². The van der Waals surface area contributed by atoms with E-state index in [-0.39, 0.29) is 30.2 Å². The van der Waals surface area contributed by atoms with E-state index < -0.39 is 24.5 Å². The third-order valence-electron chi connectivity index (χ3n) is 3.98. The lowest BCUT2D eigenvalue weighted by atomic mass is 9.85. The van der Waals surface area contributed by atoms with Crippen molar-refractivity contribution < 1.29 is 23.9 Å². The molecule has 3 atom stereocenters. The lowest BCUT2D eigenvalue weighted by molar-refractivity contribution is -0.159. The van der Waals surface area contributed by atoms with Crippen LogP contribution in [0.5, 0.6) is 0 Å². The molecule has 0 radical (unpaired) electrons. The van der Waals surface area contributed by atoms with Crippen LogP contribution in [-0.2, 0) is 23.9 Å². The fourth-order valence-electron chi connectivity index (χ4n) is 2.76. The highest BCUT2D eigenvalue weighted by molar-refractivity contribution is 6.07. The van der Waals surface area contributed by atoms with Crippen LogP contribution in [0.1, 0.15) is 19.8 Å². The quantitative estimate of drug-likeness (QED) is 0.428. The molecule has 0 aromatic carbocycles. The topological polar surface area (TPSA) is 92.8 Å². The van der Waals surface area contributed by atoms with E-state index in [1.165, 1.54) is 13.0 Å². The monoisotopic (exact) mass is 320 g/mol. The van der Waals surface area contributed by atoms with Crippen LogP contribution in [-0.4, -0.2) is 47.8 Å². The minimum absolute atomic E-state index is 0.264. The molecule has 0 spiro atoms. The Hall–Kier alpha value is -2.44. The molecule has 0 bridgehead atoms. The SMILES string of the molecule is C=CCNC(=O)[C@@H](C)OC(=O)CN1C(=O)[C@H]2CC=CC[C@@H]2C1=O. The van der Waals surface area contributed by atoms with Gasteiger partial charge in [0.05, 0.1) is 11.8 Å². The van der Waals surface area contributed by atoms with E-state index in [4.69, 9.17) is 4.74 Å². The molecule has 3 amide bonds. The van der Waals surface area contributed by atoms with Crippen molar-refractivity contribution in [1.29, 1.82) is 0 Å². The fraction of sp³-hybridized carbons (Fsp3) is 0.500. The van der Waals surface area contributed by atoms with Gasteiger partial charge in [0, 0.05) is 6.54 Å². The largest absolute Gasteiger partial charge is 0.451 e. The van der Waals surface area contributed by atoms with Crippen molar-refractivity contribution in [3.8, 4) is 0 Å². The highest BCUT2D eigenvalue weighted by atomic mass is 16.5. The zero-order chi connectivity index (χ0) is 17.0. The van der Waals surface area contributed by atoms with E-state index in [2.05, 4.69) is 11.9 Å². The predicted octanol–water partition coefficient (Wildman–Crippen LogP) is 0.171. The van der Waals surface area contributed by atoms with Gasteiger partial charge in [-0.1, -0.05) is 18.2 Å². The maximum Gasteiger partial charge on any atom is 0.326 e. The highest BCUT2D eigenvalue weighted by Crippen LogP contribution is 2.34. The molecule has 1 heterocycles. The average molecular weight is 320 g/mol. The van der Waals surface area contributed by atoms with Crippen LogP contribution < -0.4 is 5.32 Å². The van der Waals surface area contributed by atoms with Crippen LogP contribution >= 0.6 is 0 Å². The van der Waals surface area contributed by atoms with Crippen molar-refractivity contribution in [1.82, 2.24) is 10.2 Å². The number of esters is 1. The maximum atomic E-state index is 12.2. The van der Waals surface area contributed by atoms with Gasteiger partial charge in [-0.05, 0) is 19.8 Å². The van der Waals surface area contributed by atoms with E-state index in [0.29, 0.717) is 12.8 Å². The first-order valence-electron chi connectivity index (χ1n) is 7.54. The van der Waals surface area contributed by atoms with Crippen molar-refractivity contribution in [3.63, 3.8) is 0 Å². The van der Waals surface area contributed by atoms with Crippen LogP contribution in [0.2, 0.25) is 0 Å². The fourth-order valence-corrected chi connectivity index (χ4v) is 2.76. The van der Waals surface area contributed by atoms with Crippen molar-refractivity contribution in [2.45, 2.75) is 25.9 Å². The smallest absolute Gasteiger partial charge is 0.326 e. The summed E-state index contributed by atoms with van der Waals surface area (Å²) in [6.07, 6.45) is 5.28. The van der Waals surface area contributed by atoms with E-state index in [1.54, 1.807) is 0 Å². The molecule has 1 fully saturated rings. The molecular formula is C16H20N2O5. The first kappa shape index (κ1) is 16.9. The summed E-state index contributed by atoms with van der Waals surface area (Å²) in [6.45, 7) is 4.70. The van der Waals surface area contributed by atoms with E-state index in [0.717, 1.165) is 4.90 Å². The summed E-state index contributed by atoms with van der Waals surface area (Å²) in [7, 11) is 0. The zero-order valence-electron chi connectivity index (χ0n) is 13.0. The third kappa shape index (κ3) is 3.67. The van der Waals surface area contributed by atoms with E-state index in [1.807, 2.05) is 12.2 Å². The zero-order valence-corrected chi connectivity index (χ0v) is 13.0. The number of nitrogens with one attached hydrogen (secondary N) is 1. The second-order valence-corrected chi connectivity index (χ2v) is 5.58. The van der Waals surface area contributed by atoms with Crippen LogP contribution in [0.4, 0.5) is 0 Å². The maximum absolute atomic E-state index is 12.2. The molecule has 2 aliphatic rings. The minimum Gasteiger partial charge on any atom is -0.451 e. The second-order valence-electron chi connectivity index (χ2n) is 5.58. The average Bonchev–Trinajstić information content (AvgIpc) is 2.78. The Morgan fingerprint density at radius 3 is 2.43 bits per heavy atom. The summed E-state index contributed by atoms with van der Waals surface area (Å²) in [4.78, 5) is 48.9. The number of carbonyl (C=O) groups is 4. The molecule has 1 N–H and O–H groups in total. The van der Waals surface area contributed by atoms with E-state index in [9.17, 15) is 19.2 Å². The Morgan fingerprint density at radius 1 is 1.35 bits per heavy atom. The van der Waals surface area contributed by atoms with Crippen LogP contribution in [0.3, 0.4) is 0 Å². The number of allylic oxidation sites excluding steroid dienone is 2. The lowest BCUT2D eigenvalue weighted by Gasteiger charge is -2.16. The Kier molecular flexibility index (Phi) is 5.31. The molecule has 0 unspecified atom stereocenters. The van der Waals surface area contributed by atoms with Gasteiger partial charge in [-0.15, -0.1) is 6.58 Å². The van der Waals surface area contributed by atoms with Crippen molar-refractivity contribution in [2.75, 3.05) is 13.1 Å². The highest BCUT2D eigenvalue weighted by Gasteiger charge is 2.47. The van der Waals surface area contributed by atoms with Crippen molar-refractivity contribution >= 4 is 23.7 Å². The molecular weight excluding hydrogens is 300 g/mol. The molecule has 1 aliphatic heterocycles. The van der Waals surface area contributed by atoms with Crippen molar-refractivity contribution in [3.05, 3.63) is 24.8 Å². The molecule has 23 heavy (non-hydrogen) atoms. The molecule has 2 rings (SSSR count). The molecule has 124 valence electrons. The lowest BCUT2D eigenvalue weighted by Crippen LogP contribution is -2.41. The van der Waals surface area contributed by atoms with Crippen LogP contribution in [0.15, 0.2) is 24.8 Å². The normalized spacial score (nSPS) is 24.1. The standard InChI is InChI=1S/C16H20N2O5/c1-3-8-17-14(20)10(2)23-13(19)9-18-15(21)11-6-4-5-7-12(11)16(18)22/h3-5,10-12H,1,6-9H2,2H3,(H,17,20)/t10-,11+,12+/m1/s1. The van der Waals surface area contributed by atoms with Crippen molar-refractivity contribution in [2.24, 2.45) is 11.8 Å². The number of hydrogen-bond donors (Lipinski definition) is 1. The summed E-state index contributed by atoms with van der Waals surface area (Å²) in [5, 5.41) is 2.50. The van der Waals surface area contributed by atoms with Gasteiger partial charge >= 0.3 is 5.97 Å². The molecule has 0 aromatic heterocycles. The Labute approximate surface area is 134 Å². The first-order chi connectivity index (χ1) is 11.0. The second kappa shape index (κ2) is 7.21. The summed E-state index contributed by atoms with van der Waals surface area (Å²) in [5.41, 5.74) is 0. The predicted molar refractivity (Wildman–Crippen MR) is 80.8 cm³/mol. The number of carbonyl (C=O) groups excluding carboxylic acids is 4. The molecule has 7 heteroatoms. The summed E-state index contributed by atoms with van der Waals surface area (Å²) >= 11 is 0. The first-order valence-corrected chi connectivity index (χ1v) is 7.54. The Bertz CT molecular complexity index is 543. The van der Waals surface area contributed by atoms with Gasteiger partial charge in [0.1, 0.15) is 6.54 Å². The van der Waals surface area contributed by atoms with Gasteiger partial charge in [-0.25, -0.2) is 0 Å². The van der Waals surface area contributed by atoms with Gasteiger partial charge in [0.2, 0.25) is 11.8 Å². The van der Waals surface area contributed by atoms with Gasteiger partial charge in [0.25, 0.3) is 5.91 Å². The number of hydrogen-bond acceptors (Lipinski definition) is 5. The number of fused-ring (bicyclic) bond motifs is 1. The van der Waals surface area contributed by atoms with Crippen LogP contribution in [0.25, 0.3) is 0 Å². The van der Waals surface area contributed by atoms with Gasteiger partial charge in [-0.2, -0.15) is 0 Å². The molecule has 0 saturated carbocycles. The summed E-state index contributed by atoms with van der Waals surface area (Å²) in [6, 6.07) is 0.